The monoisotopic (exact) mass is 157 g/mol. The average molecular weight is 157 g/mol. The van der Waals surface area contributed by atoms with Gasteiger partial charge < -0.3 is 14.6 Å². The number of carbonyl (C=O) groups excluding carboxylic acids is 1. The van der Waals surface area contributed by atoms with Crippen molar-refractivity contribution in [1.29, 1.82) is 0 Å². The lowest BCUT2D eigenvalue weighted by atomic mass is 10.5. The second kappa shape index (κ2) is 3.02. The molecule has 6 heteroatoms. The summed E-state index contributed by atoms with van der Waals surface area (Å²) in [4.78, 5) is 14.4. The molecule has 1 rings (SSSR count). The van der Waals surface area contributed by atoms with Crippen LogP contribution in [0.4, 0.5) is 5.82 Å². The van der Waals surface area contributed by atoms with Crippen LogP contribution in [0.1, 0.15) is 10.6 Å². The van der Waals surface area contributed by atoms with Crippen molar-refractivity contribution >= 4 is 11.8 Å². The number of ether oxygens (including phenoxy) is 1. The molecule has 1 aromatic heterocycles. The number of rotatable bonds is 2. The van der Waals surface area contributed by atoms with Gasteiger partial charge in [0.25, 0.3) is 5.76 Å². The Kier molecular flexibility index (Phi) is 2.07. The van der Waals surface area contributed by atoms with Gasteiger partial charge in [-0.2, -0.15) is 4.98 Å². The number of oxazole rings is 1. The fourth-order valence-corrected chi connectivity index (χ4v) is 0.587. The third kappa shape index (κ3) is 1.30. The molecule has 0 atom stereocenters. The number of hydrogen-bond acceptors (Lipinski definition) is 6. The molecule has 0 radical (unpaired) electrons. The van der Waals surface area contributed by atoms with Crippen LogP contribution in [-0.4, -0.2) is 18.1 Å². The van der Waals surface area contributed by atoms with Gasteiger partial charge in [0.1, 0.15) is 0 Å². The van der Waals surface area contributed by atoms with Crippen molar-refractivity contribution in [2.24, 2.45) is 5.84 Å². The van der Waals surface area contributed by atoms with E-state index in [2.05, 4.69) is 19.6 Å². The molecule has 3 N–H and O–H groups in total. The van der Waals surface area contributed by atoms with E-state index >= 15 is 0 Å². The number of hydrogen-bond donors (Lipinski definition) is 2. The van der Waals surface area contributed by atoms with Crippen LogP contribution in [0.3, 0.4) is 0 Å². The van der Waals surface area contributed by atoms with Crippen LogP contribution in [0.15, 0.2) is 10.8 Å². The SMILES string of the molecule is COC(=O)c1ocnc1NN. The minimum atomic E-state index is -0.615. The Labute approximate surface area is 62.3 Å². The summed E-state index contributed by atoms with van der Waals surface area (Å²) in [6, 6.07) is 0. The third-order valence-electron chi connectivity index (χ3n) is 1.07. The summed E-state index contributed by atoms with van der Waals surface area (Å²) in [6.45, 7) is 0. The molecular formula is C5H7N3O3. The number of aromatic nitrogens is 1. The van der Waals surface area contributed by atoms with E-state index in [1.54, 1.807) is 0 Å². The van der Waals surface area contributed by atoms with E-state index in [1.807, 2.05) is 0 Å². The molecule has 0 spiro atoms. The molecular weight excluding hydrogens is 150 g/mol. The summed E-state index contributed by atoms with van der Waals surface area (Å²) >= 11 is 0. The number of nitrogen functional groups attached to an aromatic ring is 1. The predicted molar refractivity (Wildman–Crippen MR) is 35.7 cm³/mol. The molecule has 1 heterocycles. The highest BCUT2D eigenvalue weighted by Gasteiger charge is 2.15. The van der Waals surface area contributed by atoms with Gasteiger partial charge in [-0.05, 0) is 0 Å². The van der Waals surface area contributed by atoms with Crippen LogP contribution in [-0.2, 0) is 4.74 Å². The fourth-order valence-electron chi connectivity index (χ4n) is 0.587. The Hall–Kier alpha value is -1.56. The van der Waals surface area contributed by atoms with Gasteiger partial charge in [0.2, 0.25) is 0 Å². The van der Waals surface area contributed by atoms with Crippen molar-refractivity contribution in [2.45, 2.75) is 0 Å². The first-order valence-corrected chi connectivity index (χ1v) is 2.78. The van der Waals surface area contributed by atoms with Crippen molar-refractivity contribution in [3.8, 4) is 0 Å². The number of esters is 1. The number of methoxy groups -OCH3 is 1. The number of anilines is 1. The second-order valence-electron chi connectivity index (χ2n) is 1.67. The minimum Gasteiger partial charge on any atom is -0.463 e. The van der Waals surface area contributed by atoms with Gasteiger partial charge in [0.05, 0.1) is 7.11 Å². The molecule has 6 nitrogen and oxygen atoms in total. The fraction of sp³-hybridized carbons (Fsp3) is 0.200. The van der Waals surface area contributed by atoms with Gasteiger partial charge in [-0.15, -0.1) is 0 Å². The van der Waals surface area contributed by atoms with E-state index < -0.39 is 5.97 Å². The van der Waals surface area contributed by atoms with Crippen molar-refractivity contribution < 1.29 is 13.9 Å². The summed E-state index contributed by atoms with van der Waals surface area (Å²) in [5.41, 5.74) is 2.19. The van der Waals surface area contributed by atoms with Crippen molar-refractivity contribution in [3.05, 3.63) is 12.2 Å². The smallest absolute Gasteiger partial charge is 0.378 e. The summed E-state index contributed by atoms with van der Waals surface area (Å²) < 4.78 is 9.05. The topological polar surface area (TPSA) is 90.4 Å². The predicted octanol–water partition coefficient (Wildman–Crippen LogP) is -0.253. The molecule has 0 aliphatic heterocycles. The van der Waals surface area contributed by atoms with Gasteiger partial charge >= 0.3 is 5.97 Å². The van der Waals surface area contributed by atoms with Crippen LogP contribution in [0.5, 0.6) is 0 Å². The first-order chi connectivity index (χ1) is 5.29. The first-order valence-electron chi connectivity index (χ1n) is 2.78. The highest BCUT2D eigenvalue weighted by molar-refractivity contribution is 5.91. The maximum absolute atomic E-state index is 10.8. The largest absolute Gasteiger partial charge is 0.463 e. The highest BCUT2D eigenvalue weighted by atomic mass is 16.5. The van der Waals surface area contributed by atoms with Crippen LogP contribution >= 0.6 is 0 Å². The Morgan fingerprint density at radius 3 is 3.18 bits per heavy atom. The Morgan fingerprint density at radius 1 is 1.91 bits per heavy atom. The van der Waals surface area contributed by atoms with E-state index in [-0.39, 0.29) is 11.6 Å². The molecule has 0 aliphatic rings. The molecule has 0 aliphatic carbocycles. The summed E-state index contributed by atoms with van der Waals surface area (Å²) in [6.07, 6.45) is 1.10. The highest BCUT2D eigenvalue weighted by Crippen LogP contribution is 2.11. The lowest BCUT2D eigenvalue weighted by Crippen LogP contribution is -2.11. The molecule has 60 valence electrons. The zero-order valence-corrected chi connectivity index (χ0v) is 5.83. The Balaban J connectivity index is 2.92. The number of hydrazine groups is 1. The maximum Gasteiger partial charge on any atom is 0.378 e. The van der Waals surface area contributed by atoms with Crippen LogP contribution in [0.2, 0.25) is 0 Å². The van der Waals surface area contributed by atoms with E-state index in [4.69, 9.17) is 5.84 Å². The standard InChI is InChI=1S/C5H7N3O3/c1-10-5(9)3-4(8-6)7-2-11-3/h2,8H,6H2,1H3. The summed E-state index contributed by atoms with van der Waals surface area (Å²) in [7, 11) is 1.24. The molecule has 11 heavy (non-hydrogen) atoms. The Morgan fingerprint density at radius 2 is 2.64 bits per heavy atom. The maximum atomic E-state index is 10.8. The van der Waals surface area contributed by atoms with Crippen LogP contribution in [0.25, 0.3) is 0 Å². The number of nitrogens with two attached hydrogens (primary N) is 1. The molecule has 1 aromatic rings. The second-order valence-corrected chi connectivity index (χ2v) is 1.67. The molecule has 0 aromatic carbocycles. The molecule has 0 fully saturated rings. The molecule has 0 amide bonds. The first kappa shape index (κ1) is 7.55. The van der Waals surface area contributed by atoms with Crippen molar-refractivity contribution in [3.63, 3.8) is 0 Å². The quantitative estimate of drug-likeness (QED) is 0.349. The lowest BCUT2D eigenvalue weighted by Gasteiger charge is -1.95. The molecule has 0 saturated carbocycles. The average Bonchev–Trinajstić information content (AvgIpc) is 2.50. The van der Waals surface area contributed by atoms with Gasteiger partial charge in [-0.3, -0.25) is 0 Å². The Bertz CT molecular complexity index is 257. The van der Waals surface area contributed by atoms with Gasteiger partial charge in [-0.25, -0.2) is 10.6 Å². The number of nitrogens with zero attached hydrogens (tertiary/aromatic N) is 1. The minimum absolute atomic E-state index is 0.0324. The normalized spacial score (nSPS) is 9.27. The summed E-state index contributed by atoms with van der Waals surface area (Å²) in [5.74, 6) is 4.52. The van der Waals surface area contributed by atoms with Gasteiger partial charge in [0, 0.05) is 0 Å². The van der Waals surface area contributed by atoms with Crippen LogP contribution in [0, 0.1) is 0 Å². The van der Waals surface area contributed by atoms with Crippen LogP contribution < -0.4 is 11.3 Å². The summed E-state index contributed by atoms with van der Waals surface area (Å²) in [5, 5.41) is 0. The van der Waals surface area contributed by atoms with Crippen molar-refractivity contribution in [2.75, 3.05) is 12.5 Å². The lowest BCUT2D eigenvalue weighted by molar-refractivity contribution is 0.0566. The van der Waals surface area contributed by atoms with Gasteiger partial charge in [0.15, 0.2) is 12.2 Å². The van der Waals surface area contributed by atoms with E-state index in [0.29, 0.717) is 0 Å². The molecule has 0 unspecified atom stereocenters. The number of nitrogens with one attached hydrogen (secondary N) is 1. The zero-order valence-electron chi connectivity index (χ0n) is 5.83. The zero-order chi connectivity index (χ0) is 8.27. The third-order valence-corrected chi connectivity index (χ3v) is 1.07. The van der Waals surface area contributed by atoms with E-state index in [9.17, 15) is 4.79 Å². The van der Waals surface area contributed by atoms with Gasteiger partial charge in [-0.1, -0.05) is 0 Å². The van der Waals surface area contributed by atoms with E-state index in [1.165, 1.54) is 7.11 Å². The molecule has 0 bridgehead atoms. The van der Waals surface area contributed by atoms with Crippen molar-refractivity contribution in [1.82, 2.24) is 4.98 Å². The van der Waals surface area contributed by atoms with E-state index in [0.717, 1.165) is 6.39 Å². The number of carbonyl (C=O) groups is 1. The molecule has 0 saturated heterocycles.